The van der Waals surface area contributed by atoms with Gasteiger partial charge in [-0.15, -0.1) is 12.4 Å². The highest BCUT2D eigenvalue weighted by Crippen LogP contribution is 2.25. The van der Waals surface area contributed by atoms with Gasteiger partial charge >= 0.3 is 0 Å². The van der Waals surface area contributed by atoms with Gasteiger partial charge in [0.25, 0.3) is 5.91 Å². The maximum atomic E-state index is 11.9. The third kappa shape index (κ3) is 6.20. The summed E-state index contributed by atoms with van der Waals surface area (Å²) in [5.41, 5.74) is 1.82. The predicted octanol–water partition coefficient (Wildman–Crippen LogP) is 2.12. The van der Waals surface area contributed by atoms with Crippen LogP contribution in [0.4, 0.5) is 0 Å². The molecule has 1 aromatic carbocycles. The molecule has 0 aromatic heterocycles. The summed E-state index contributed by atoms with van der Waals surface area (Å²) in [5, 5.41) is 6.01. The lowest BCUT2D eigenvalue weighted by atomic mass is 9.90. The second-order valence-corrected chi connectivity index (χ2v) is 5.84. The number of fused-ring (bicyclic) bond motifs is 1. The third-order valence-electron chi connectivity index (χ3n) is 3.60. The first-order valence-electron chi connectivity index (χ1n) is 7.85. The Kier molecular flexibility index (Phi) is 8.06. The van der Waals surface area contributed by atoms with E-state index >= 15 is 0 Å². The quantitative estimate of drug-likeness (QED) is 0.746. The molecule has 2 N–H and O–H groups in total. The molecule has 0 saturated heterocycles. The van der Waals surface area contributed by atoms with E-state index in [2.05, 4.69) is 24.5 Å². The minimum Gasteiger partial charge on any atom is -0.484 e. The van der Waals surface area contributed by atoms with E-state index in [0.717, 1.165) is 30.5 Å². The first kappa shape index (κ1) is 19.5. The van der Waals surface area contributed by atoms with E-state index in [-0.39, 0.29) is 30.7 Å². The molecular formula is C17H25ClN2O3. The number of benzene rings is 1. The molecule has 1 amide bonds. The number of rotatable bonds is 7. The Labute approximate surface area is 143 Å². The number of ether oxygens (including phenoxy) is 1. The lowest BCUT2D eigenvalue weighted by Crippen LogP contribution is -2.36. The van der Waals surface area contributed by atoms with E-state index in [1.807, 2.05) is 12.1 Å². The van der Waals surface area contributed by atoms with E-state index in [0.29, 0.717) is 24.8 Å². The molecule has 0 radical (unpaired) electrons. The van der Waals surface area contributed by atoms with Crippen molar-refractivity contribution in [3.8, 4) is 5.75 Å². The molecule has 6 heteroatoms. The second-order valence-electron chi connectivity index (χ2n) is 5.84. The highest BCUT2D eigenvalue weighted by molar-refractivity contribution is 5.98. The molecule has 0 saturated carbocycles. The molecule has 0 unspecified atom stereocenters. The van der Waals surface area contributed by atoms with Gasteiger partial charge in [-0.25, -0.2) is 0 Å². The largest absolute Gasteiger partial charge is 0.484 e. The average Bonchev–Trinajstić information content (AvgIpc) is 2.50. The van der Waals surface area contributed by atoms with Crippen LogP contribution in [0.2, 0.25) is 0 Å². The van der Waals surface area contributed by atoms with Crippen LogP contribution in [0.5, 0.6) is 5.75 Å². The molecule has 5 nitrogen and oxygen atoms in total. The smallest absolute Gasteiger partial charge is 0.257 e. The van der Waals surface area contributed by atoms with Gasteiger partial charge < -0.3 is 15.4 Å². The number of halogens is 1. The number of aryl methyl sites for hydroxylation is 1. The topological polar surface area (TPSA) is 67.4 Å². The van der Waals surface area contributed by atoms with Crippen molar-refractivity contribution in [2.24, 2.45) is 0 Å². The summed E-state index contributed by atoms with van der Waals surface area (Å²) in [6.45, 7) is 5.39. The summed E-state index contributed by atoms with van der Waals surface area (Å²) in [5.74, 6) is 0.579. The molecule has 0 aliphatic heterocycles. The molecule has 128 valence electrons. The van der Waals surface area contributed by atoms with Gasteiger partial charge in [-0.05, 0) is 30.5 Å². The molecule has 0 atom stereocenters. The van der Waals surface area contributed by atoms with Gasteiger partial charge in [-0.3, -0.25) is 9.59 Å². The number of ketones is 1. The fourth-order valence-electron chi connectivity index (χ4n) is 2.46. The van der Waals surface area contributed by atoms with Gasteiger partial charge in [0.05, 0.1) is 0 Å². The fourth-order valence-corrected chi connectivity index (χ4v) is 2.46. The molecule has 0 fully saturated rings. The van der Waals surface area contributed by atoms with Gasteiger partial charge in [0.15, 0.2) is 12.4 Å². The highest BCUT2D eigenvalue weighted by Gasteiger charge is 2.17. The SMILES string of the molecule is CC(C)NCCNC(=O)COc1ccc2c(c1)C(=O)CCC2.Cl. The van der Waals surface area contributed by atoms with Crippen LogP contribution in [0.3, 0.4) is 0 Å². The maximum absolute atomic E-state index is 11.9. The normalized spacial score (nSPS) is 13.3. The Hall–Kier alpha value is -1.59. The van der Waals surface area contributed by atoms with Crippen LogP contribution in [-0.4, -0.2) is 37.4 Å². The molecule has 0 heterocycles. The zero-order chi connectivity index (χ0) is 15.9. The van der Waals surface area contributed by atoms with E-state index < -0.39 is 0 Å². The Balaban J connectivity index is 0.00000264. The van der Waals surface area contributed by atoms with Crippen molar-refractivity contribution in [2.45, 2.75) is 39.2 Å². The van der Waals surface area contributed by atoms with Crippen LogP contribution in [0.15, 0.2) is 18.2 Å². The lowest BCUT2D eigenvalue weighted by molar-refractivity contribution is -0.123. The van der Waals surface area contributed by atoms with Crippen LogP contribution in [0.25, 0.3) is 0 Å². The maximum Gasteiger partial charge on any atom is 0.257 e. The summed E-state index contributed by atoms with van der Waals surface area (Å²) in [4.78, 5) is 23.5. The van der Waals surface area contributed by atoms with Crippen molar-refractivity contribution >= 4 is 24.1 Å². The van der Waals surface area contributed by atoms with Crippen molar-refractivity contribution in [3.05, 3.63) is 29.3 Å². The van der Waals surface area contributed by atoms with Crippen molar-refractivity contribution in [1.82, 2.24) is 10.6 Å². The van der Waals surface area contributed by atoms with Gasteiger partial charge in [0.1, 0.15) is 5.75 Å². The van der Waals surface area contributed by atoms with Gasteiger partial charge in [0.2, 0.25) is 0 Å². The molecule has 0 bridgehead atoms. The minimum absolute atomic E-state index is 0. The molecule has 1 aliphatic rings. The van der Waals surface area contributed by atoms with Crippen molar-refractivity contribution < 1.29 is 14.3 Å². The monoisotopic (exact) mass is 340 g/mol. The van der Waals surface area contributed by atoms with Crippen LogP contribution >= 0.6 is 12.4 Å². The minimum atomic E-state index is -0.158. The van der Waals surface area contributed by atoms with Crippen LogP contribution < -0.4 is 15.4 Å². The number of carbonyl (C=O) groups excluding carboxylic acids is 2. The molecule has 1 aromatic rings. The van der Waals surface area contributed by atoms with E-state index in [1.54, 1.807) is 6.07 Å². The van der Waals surface area contributed by atoms with E-state index in [4.69, 9.17) is 4.74 Å². The van der Waals surface area contributed by atoms with Crippen LogP contribution in [0, 0.1) is 0 Å². The van der Waals surface area contributed by atoms with Gasteiger partial charge in [-0.1, -0.05) is 19.9 Å². The second kappa shape index (κ2) is 9.53. The molecular weight excluding hydrogens is 316 g/mol. The third-order valence-corrected chi connectivity index (χ3v) is 3.60. The lowest BCUT2D eigenvalue weighted by Gasteiger charge is -2.16. The molecule has 1 aliphatic carbocycles. The first-order valence-corrected chi connectivity index (χ1v) is 7.85. The van der Waals surface area contributed by atoms with Crippen LogP contribution in [-0.2, 0) is 11.2 Å². The summed E-state index contributed by atoms with van der Waals surface area (Å²) >= 11 is 0. The molecule has 0 spiro atoms. The number of amides is 1. The summed E-state index contributed by atoms with van der Waals surface area (Å²) < 4.78 is 5.48. The molecule has 23 heavy (non-hydrogen) atoms. The van der Waals surface area contributed by atoms with Crippen molar-refractivity contribution in [2.75, 3.05) is 19.7 Å². The van der Waals surface area contributed by atoms with Gasteiger partial charge in [-0.2, -0.15) is 0 Å². The Morgan fingerprint density at radius 3 is 2.78 bits per heavy atom. The zero-order valence-electron chi connectivity index (χ0n) is 13.7. The predicted molar refractivity (Wildman–Crippen MR) is 92.6 cm³/mol. The summed E-state index contributed by atoms with van der Waals surface area (Å²) in [6.07, 6.45) is 2.45. The summed E-state index contributed by atoms with van der Waals surface area (Å²) in [6, 6.07) is 5.91. The zero-order valence-corrected chi connectivity index (χ0v) is 14.5. The fraction of sp³-hybridized carbons (Fsp3) is 0.529. The number of hydrogen-bond acceptors (Lipinski definition) is 4. The van der Waals surface area contributed by atoms with Crippen LogP contribution in [0.1, 0.15) is 42.6 Å². The highest BCUT2D eigenvalue weighted by atomic mass is 35.5. The standard InChI is InChI=1S/C17H24N2O3.ClH/c1-12(2)18-8-9-19-17(21)11-22-14-7-6-13-4-3-5-16(20)15(13)10-14;/h6-7,10,12,18H,3-5,8-9,11H2,1-2H3,(H,19,21);1H. The Morgan fingerprint density at radius 2 is 2.04 bits per heavy atom. The number of carbonyl (C=O) groups is 2. The summed E-state index contributed by atoms with van der Waals surface area (Å²) in [7, 11) is 0. The molecule has 2 rings (SSSR count). The van der Waals surface area contributed by atoms with E-state index in [9.17, 15) is 9.59 Å². The average molecular weight is 341 g/mol. The van der Waals surface area contributed by atoms with Crippen molar-refractivity contribution in [1.29, 1.82) is 0 Å². The number of nitrogens with one attached hydrogen (secondary N) is 2. The van der Waals surface area contributed by atoms with E-state index in [1.165, 1.54) is 0 Å². The van der Waals surface area contributed by atoms with Gasteiger partial charge in [0, 0.05) is 31.1 Å². The first-order chi connectivity index (χ1) is 10.6. The Morgan fingerprint density at radius 1 is 1.26 bits per heavy atom. The Bertz CT molecular complexity index is 547. The van der Waals surface area contributed by atoms with Crippen molar-refractivity contribution in [3.63, 3.8) is 0 Å². The number of hydrogen-bond donors (Lipinski definition) is 2. The number of Topliss-reactive ketones (excluding diaryl/α,β-unsaturated/α-hetero) is 1.